The van der Waals surface area contributed by atoms with Gasteiger partial charge in [-0.1, -0.05) is 60.2 Å². The lowest BCUT2D eigenvalue weighted by molar-refractivity contribution is 0.409. The molecule has 2 rings (SSSR count). The Morgan fingerprint density at radius 1 is 0.870 bits per heavy atom. The number of hydrogen-bond acceptors (Lipinski definition) is 1. The van der Waals surface area contributed by atoms with Crippen LogP contribution in [0.1, 0.15) is 29.5 Å². The molecule has 0 atom stereocenters. The maximum atomic E-state index is 5.21. The van der Waals surface area contributed by atoms with Crippen molar-refractivity contribution in [3.05, 3.63) is 90.5 Å². The third-order valence-electron chi connectivity index (χ3n) is 3.57. The van der Waals surface area contributed by atoms with Gasteiger partial charge in [0.05, 0.1) is 7.11 Å². The van der Waals surface area contributed by atoms with E-state index < -0.39 is 0 Å². The normalized spacial score (nSPS) is 9.48. The highest BCUT2D eigenvalue weighted by atomic mass is 16.5. The summed E-state index contributed by atoms with van der Waals surface area (Å²) in [5, 5.41) is 0. The van der Waals surface area contributed by atoms with Gasteiger partial charge in [-0.15, -0.1) is 13.2 Å². The van der Waals surface area contributed by atoms with E-state index in [-0.39, 0.29) is 0 Å². The van der Waals surface area contributed by atoms with Crippen LogP contribution < -0.4 is 4.74 Å². The van der Waals surface area contributed by atoms with Crippen LogP contribution in [-0.4, -0.2) is 7.11 Å². The maximum Gasteiger partial charge on any atom is 0.122 e. The minimum atomic E-state index is 0.972. The Morgan fingerprint density at radius 3 is 2.09 bits per heavy atom. The van der Waals surface area contributed by atoms with Crippen molar-refractivity contribution in [2.75, 3.05) is 7.11 Å². The molecule has 0 saturated carbocycles. The van der Waals surface area contributed by atoms with Crippen molar-refractivity contribution in [1.82, 2.24) is 0 Å². The van der Waals surface area contributed by atoms with Crippen molar-refractivity contribution < 1.29 is 4.74 Å². The Labute approximate surface area is 141 Å². The third-order valence-corrected chi connectivity index (χ3v) is 3.57. The zero-order chi connectivity index (χ0) is 16.9. The van der Waals surface area contributed by atoms with Crippen LogP contribution in [0.3, 0.4) is 0 Å². The molecule has 0 bridgehead atoms. The lowest BCUT2D eigenvalue weighted by Crippen LogP contribution is -1.90. The second-order valence-corrected chi connectivity index (χ2v) is 5.45. The highest BCUT2D eigenvalue weighted by molar-refractivity contribution is 5.33. The molecule has 0 spiro atoms. The molecule has 0 radical (unpaired) electrons. The lowest BCUT2D eigenvalue weighted by Gasteiger charge is -2.05. The van der Waals surface area contributed by atoms with Gasteiger partial charge in [0, 0.05) is 0 Å². The monoisotopic (exact) mass is 308 g/mol. The summed E-state index contributed by atoms with van der Waals surface area (Å²) in [5.41, 5.74) is 3.97. The highest BCUT2D eigenvalue weighted by Crippen LogP contribution is 2.18. The van der Waals surface area contributed by atoms with E-state index in [4.69, 9.17) is 4.74 Å². The van der Waals surface area contributed by atoms with Gasteiger partial charge in [0.15, 0.2) is 0 Å². The number of ether oxygens (including phenoxy) is 1. The Bertz CT molecular complexity index is 581. The largest absolute Gasteiger partial charge is 0.496 e. The van der Waals surface area contributed by atoms with Gasteiger partial charge in [-0.2, -0.15) is 0 Å². The van der Waals surface area contributed by atoms with Crippen LogP contribution in [0.2, 0.25) is 0 Å². The van der Waals surface area contributed by atoms with Gasteiger partial charge in [-0.3, -0.25) is 0 Å². The molecule has 0 unspecified atom stereocenters. The number of methoxy groups -OCH3 is 1. The lowest BCUT2D eigenvalue weighted by atomic mass is 10.1. The molecule has 0 aliphatic heterocycles. The molecule has 0 fully saturated rings. The van der Waals surface area contributed by atoms with Crippen molar-refractivity contribution in [2.24, 2.45) is 0 Å². The predicted molar refractivity (Wildman–Crippen MR) is 101 cm³/mol. The predicted octanol–water partition coefficient (Wildman–Crippen LogP) is 5.93. The molecule has 1 nitrogen and oxygen atoms in total. The van der Waals surface area contributed by atoms with Crippen LogP contribution in [0.4, 0.5) is 0 Å². The quantitative estimate of drug-likeness (QED) is 0.576. The number of para-hydroxylation sites is 1. The molecule has 0 aliphatic carbocycles. The topological polar surface area (TPSA) is 9.23 Å². The van der Waals surface area contributed by atoms with Crippen molar-refractivity contribution in [1.29, 1.82) is 0 Å². The molecule has 2 aromatic carbocycles. The van der Waals surface area contributed by atoms with Crippen molar-refractivity contribution in [2.45, 2.75) is 32.6 Å². The van der Waals surface area contributed by atoms with Gasteiger partial charge in [0.1, 0.15) is 5.75 Å². The second-order valence-electron chi connectivity index (χ2n) is 5.45. The van der Waals surface area contributed by atoms with Crippen LogP contribution in [0.25, 0.3) is 0 Å². The third kappa shape index (κ3) is 7.51. The second kappa shape index (κ2) is 11.3. The van der Waals surface area contributed by atoms with Gasteiger partial charge in [0.2, 0.25) is 0 Å². The molecule has 1 heteroatoms. The molecule has 0 saturated heterocycles. The number of aryl methyl sites for hydroxylation is 3. The van der Waals surface area contributed by atoms with Crippen molar-refractivity contribution >= 4 is 0 Å². The standard InChI is InChI=1S/C11H14O.C11H14/c1-3-4-7-10-8-5-6-9-11(10)12-2;1-3-4-5-11-8-6-10(2)7-9-11/h3,5-6,8-9H,1,4,7H2,2H3;3,6-9H,1,4-5H2,2H3. The number of hydrogen-bond donors (Lipinski definition) is 0. The van der Waals surface area contributed by atoms with Gasteiger partial charge < -0.3 is 4.74 Å². The van der Waals surface area contributed by atoms with E-state index in [0.29, 0.717) is 0 Å². The van der Waals surface area contributed by atoms with Crippen molar-refractivity contribution in [3.8, 4) is 5.75 Å². The van der Waals surface area contributed by atoms with E-state index in [1.165, 1.54) is 16.7 Å². The first-order chi connectivity index (χ1) is 11.2. The molecule has 122 valence electrons. The summed E-state index contributed by atoms with van der Waals surface area (Å²) >= 11 is 0. The van der Waals surface area contributed by atoms with E-state index in [2.05, 4.69) is 50.4 Å². The Kier molecular flexibility index (Phi) is 9.23. The summed E-state index contributed by atoms with van der Waals surface area (Å²) in [6.07, 6.45) is 8.08. The van der Waals surface area contributed by atoms with E-state index in [0.717, 1.165) is 31.4 Å². The summed E-state index contributed by atoms with van der Waals surface area (Å²) in [6, 6.07) is 16.7. The van der Waals surface area contributed by atoms with Gasteiger partial charge in [-0.25, -0.2) is 0 Å². The summed E-state index contributed by atoms with van der Waals surface area (Å²) < 4.78 is 5.21. The summed E-state index contributed by atoms with van der Waals surface area (Å²) in [5.74, 6) is 0.972. The van der Waals surface area contributed by atoms with Gasteiger partial charge in [-0.05, 0) is 49.8 Å². The minimum Gasteiger partial charge on any atom is -0.496 e. The van der Waals surface area contributed by atoms with E-state index in [1.54, 1.807) is 7.11 Å². The first-order valence-corrected chi connectivity index (χ1v) is 8.10. The minimum absolute atomic E-state index is 0.972. The molecule has 0 heterocycles. The van der Waals surface area contributed by atoms with Crippen molar-refractivity contribution in [3.63, 3.8) is 0 Å². The first kappa shape index (κ1) is 18.8. The fourth-order valence-corrected chi connectivity index (χ4v) is 2.19. The zero-order valence-electron chi connectivity index (χ0n) is 14.4. The fourth-order valence-electron chi connectivity index (χ4n) is 2.19. The van der Waals surface area contributed by atoms with E-state index in [9.17, 15) is 0 Å². The molecular formula is C22H28O. The molecule has 0 aliphatic rings. The number of benzene rings is 2. The smallest absolute Gasteiger partial charge is 0.122 e. The maximum absolute atomic E-state index is 5.21. The van der Waals surface area contributed by atoms with Gasteiger partial charge >= 0.3 is 0 Å². The first-order valence-electron chi connectivity index (χ1n) is 8.10. The average Bonchev–Trinajstić information content (AvgIpc) is 2.60. The van der Waals surface area contributed by atoms with Crippen LogP contribution in [-0.2, 0) is 12.8 Å². The zero-order valence-corrected chi connectivity index (χ0v) is 14.4. The van der Waals surface area contributed by atoms with Crippen LogP contribution >= 0.6 is 0 Å². The molecule has 0 aromatic heterocycles. The number of rotatable bonds is 7. The Hall–Kier alpha value is -2.28. The average molecular weight is 308 g/mol. The fraction of sp³-hybridized carbons (Fsp3) is 0.273. The Morgan fingerprint density at radius 2 is 1.48 bits per heavy atom. The molecular weight excluding hydrogens is 280 g/mol. The molecule has 23 heavy (non-hydrogen) atoms. The highest BCUT2D eigenvalue weighted by Gasteiger charge is 1.98. The van der Waals surface area contributed by atoms with Gasteiger partial charge in [0.25, 0.3) is 0 Å². The van der Waals surface area contributed by atoms with Crippen LogP contribution in [0, 0.1) is 6.92 Å². The summed E-state index contributed by atoms with van der Waals surface area (Å²) in [6.45, 7) is 9.49. The molecule has 0 N–H and O–H groups in total. The summed E-state index contributed by atoms with van der Waals surface area (Å²) in [4.78, 5) is 0. The summed E-state index contributed by atoms with van der Waals surface area (Å²) in [7, 11) is 1.70. The van der Waals surface area contributed by atoms with E-state index in [1.807, 2.05) is 30.4 Å². The molecule has 2 aromatic rings. The molecule has 0 amide bonds. The van der Waals surface area contributed by atoms with E-state index >= 15 is 0 Å². The number of allylic oxidation sites excluding steroid dienone is 2. The van der Waals surface area contributed by atoms with Crippen LogP contribution in [0.5, 0.6) is 5.75 Å². The van der Waals surface area contributed by atoms with Crippen LogP contribution in [0.15, 0.2) is 73.8 Å². The SMILES string of the molecule is C=CCCc1ccc(C)cc1.C=CCCc1ccccc1OC. The Balaban J connectivity index is 0.000000231.